The summed E-state index contributed by atoms with van der Waals surface area (Å²) in [5.41, 5.74) is 0.374. The van der Waals surface area contributed by atoms with Crippen molar-refractivity contribution in [2.75, 3.05) is 18.4 Å². The fourth-order valence-electron chi connectivity index (χ4n) is 3.06. The van der Waals surface area contributed by atoms with Gasteiger partial charge in [0.15, 0.2) is 0 Å². The second-order valence-electron chi connectivity index (χ2n) is 6.51. The van der Waals surface area contributed by atoms with Crippen molar-refractivity contribution >= 4 is 33.3 Å². The van der Waals surface area contributed by atoms with Gasteiger partial charge in [0.2, 0.25) is 0 Å². The molecule has 0 aromatic carbocycles. The molecular weight excluding hydrogens is 380 g/mol. The zero-order valence-corrected chi connectivity index (χ0v) is 14.6. The Morgan fingerprint density at radius 1 is 1.46 bits per heavy atom. The van der Waals surface area contributed by atoms with Crippen LogP contribution < -0.4 is 5.32 Å². The van der Waals surface area contributed by atoms with Crippen molar-refractivity contribution in [3.8, 4) is 0 Å². The van der Waals surface area contributed by atoms with Gasteiger partial charge in [-0.2, -0.15) is 0 Å². The van der Waals surface area contributed by atoms with Crippen LogP contribution in [0.1, 0.15) is 25.7 Å². The Kier molecular flexibility index (Phi) is 5.00. The standard InChI is InChI=1S/C15H19BrN4O4/c16-12-5-17-6-13(20(23)24)15(12)18-10-3-11(4-10)19(8-14(21)22)7-9-1-2-9/h5-6,9-11H,1-4,7-8H2,(H,17,18)(H,21,22). The third kappa shape index (κ3) is 4.02. The summed E-state index contributed by atoms with van der Waals surface area (Å²) in [5.74, 6) is -0.175. The lowest BCUT2D eigenvalue weighted by Crippen LogP contribution is -2.52. The smallest absolute Gasteiger partial charge is 0.317 e. The van der Waals surface area contributed by atoms with Crippen LogP contribution in [-0.4, -0.2) is 51.1 Å². The molecule has 2 aliphatic rings. The first kappa shape index (κ1) is 17.1. The Balaban J connectivity index is 1.60. The van der Waals surface area contributed by atoms with Gasteiger partial charge >= 0.3 is 11.7 Å². The van der Waals surface area contributed by atoms with E-state index in [0.717, 1.165) is 19.4 Å². The number of nitro groups is 1. The molecule has 0 atom stereocenters. The maximum atomic E-state index is 11.1. The molecule has 1 aromatic heterocycles. The van der Waals surface area contributed by atoms with Gasteiger partial charge < -0.3 is 10.4 Å². The molecule has 8 nitrogen and oxygen atoms in total. The molecule has 0 bridgehead atoms. The van der Waals surface area contributed by atoms with E-state index in [9.17, 15) is 14.9 Å². The normalized spacial score (nSPS) is 22.9. The van der Waals surface area contributed by atoms with Crippen LogP contribution in [-0.2, 0) is 4.79 Å². The van der Waals surface area contributed by atoms with Crippen LogP contribution in [0, 0.1) is 16.0 Å². The lowest BCUT2D eigenvalue weighted by atomic mass is 9.85. The molecule has 2 aliphatic carbocycles. The Bertz CT molecular complexity index is 646. The van der Waals surface area contributed by atoms with Gasteiger partial charge in [-0.1, -0.05) is 0 Å². The molecule has 24 heavy (non-hydrogen) atoms. The number of pyridine rings is 1. The van der Waals surface area contributed by atoms with Gasteiger partial charge in [-0.3, -0.25) is 24.8 Å². The fraction of sp³-hybridized carbons (Fsp3) is 0.600. The minimum Gasteiger partial charge on any atom is -0.480 e. The molecular formula is C15H19BrN4O4. The van der Waals surface area contributed by atoms with Crippen LogP contribution in [0.4, 0.5) is 11.4 Å². The molecule has 3 rings (SSSR count). The van der Waals surface area contributed by atoms with Crippen molar-refractivity contribution in [2.24, 2.45) is 5.92 Å². The van der Waals surface area contributed by atoms with Crippen LogP contribution in [0.15, 0.2) is 16.9 Å². The summed E-state index contributed by atoms with van der Waals surface area (Å²) in [6.07, 6.45) is 6.68. The first-order chi connectivity index (χ1) is 11.4. The highest BCUT2D eigenvalue weighted by atomic mass is 79.9. The molecule has 0 radical (unpaired) electrons. The van der Waals surface area contributed by atoms with Crippen molar-refractivity contribution in [1.82, 2.24) is 9.88 Å². The van der Waals surface area contributed by atoms with E-state index in [1.54, 1.807) is 0 Å². The number of carboxylic acid groups (broad SMARTS) is 1. The number of aromatic nitrogens is 1. The molecule has 0 unspecified atom stereocenters. The van der Waals surface area contributed by atoms with E-state index >= 15 is 0 Å². The third-order valence-electron chi connectivity index (χ3n) is 4.58. The van der Waals surface area contributed by atoms with Crippen molar-refractivity contribution < 1.29 is 14.8 Å². The summed E-state index contributed by atoms with van der Waals surface area (Å²) < 4.78 is 0.556. The van der Waals surface area contributed by atoms with Gasteiger partial charge in [-0.05, 0) is 47.5 Å². The molecule has 1 heterocycles. The van der Waals surface area contributed by atoms with E-state index in [1.807, 2.05) is 4.90 Å². The van der Waals surface area contributed by atoms with Crippen molar-refractivity contribution in [1.29, 1.82) is 0 Å². The second kappa shape index (κ2) is 7.02. The lowest BCUT2D eigenvalue weighted by molar-refractivity contribution is -0.384. The van der Waals surface area contributed by atoms with E-state index < -0.39 is 10.9 Å². The average Bonchev–Trinajstić information content (AvgIpc) is 3.26. The molecule has 9 heteroatoms. The highest BCUT2D eigenvalue weighted by molar-refractivity contribution is 9.10. The number of rotatable bonds is 8. The Morgan fingerprint density at radius 3 is 2.75 bits per heavy atom. The van der Waals surface area contributed by atoms with Crippen molar-refractivity contribution in [3.63, 3.8) is 0 Å². The maximum Gasteiger partial charge on any atom is 0.317 e. The number of nitrogens with zero attached hydrogens (tertiary/aromatic N) is 3. The first-order valence-electron chi connectivity index (χ1n) is 7.94. The third-order valence-corrected chi connectivity index (χ3v) is 5.18. The predicted octanol–water partition coefficient (Wildman–Crippen LogP) is 2.49. The van der Waals surface area contributed by atoms with E-state index in [4.69, 9.17) is 5.11 Å². The summed E-state index contributed by atoms with van der Waals surface area (Å²) in [7, 11) is 0. The Morgan fingerprint density at radius 2 is 2.17 bits per heavy atom. The van der Waals surface area contributed by atoms with Crippen molar-refractivity contribution in [3.05, 3.63) is 27.0 Å². The monoisotopic (exact) mass is 398 g/mol. The zero-order valence-electron chi connectivity index (χ0n) is 13.0. The van der Waals surface area contributed by atoms with Gasteiger partial charge in [0, 0.05) is 24.8 Å². The topological polar surface area (TPSA) is 109 Å². The zero-order chi connectivity index (χ0) is 17.3. The van der Waals surface area contributed by atoms with E-state index in [1.165, 1.54) is 25.2 Å². The molecule has 0 saturated heterocycles. The number of carboxylic acids is 1. The number of anilines is 1. The molecule has 130 valence electrons. The van der Waals surface area contributed by atoms with Crippen molar-refractivity contribution in [2.45, 2.75) is 37.8 Å². The van der Waals surface area contributed by atoms with Crippen LogP contribution in [0.25, 0.3) is 0 Å². The van der Waals surface area contributed by atoms with E-state index in [-0.39, 0.29) is 24.3 Å². The van der Waals surface area contributed by atoms with Crippen LogP contribution in [0.2, 0.25) is 0 Å². The molecule has 0 spiro atoms. The van der Waals surface area contributed by atoms with Gasteiger partial charge in [-0.15, -0.1) is 0 Å². The highest BCUT2D eigenvalue weighted by Gasteiger charge is 2.38. The van der Waals surface area contributed by atoms with Crippen LogP contribution >= 0.6 is 15.9 Å². The second-order valence-corrected chi connectivity index (χ2v) is 7.36. The van der Waals surface area contributed by atoms with Gasteiger partial charge in [0.25, 0.3) is 0 Å². The number of hydrogen-bond acceptors (Lipinski definition) is 6. The van der Waals surface area contributed by atoms with E-state index in [0.29, 0.717) is 16.1 Å². The quantitative estimate of drug-likeness (QED) is 0.511. The molecule has 2 N–H and O–H groups in total. The molecule has 0 amide bonds. The number of aliphatic carboxylic acids is 1. The SMILES string of the molecule is O=C(O)CN(CC1CC1)C1CC(Nc2c(Br)cncc2[N+](=O)[O-])C1. The largest absolute Gasteiger partial charge is 0.480 e. The summed E-state index contributed by atoms with van der Waals surface area (Å²) in [6.45, 7) is 0.899. The van der Waals surface area contributed by atoms with E-state index in [2.05, 4.69) is 26.2 Å². The lowest BCUT2D eigenvalue weighted by Gasteiger charge is -2.43. The summed E-state index contributed by atoms with van der Waals surface area (Å²) in [5, 5.41) is 23.4. The van der Waals surface area contributed by atoms with Gasteiger partial charge in [0.05, 0.1) is 15.9 Å². The summed E-state index contributed by atoms with van der Waals surface area (Å²) in [6, 6.07) is 0.321. The first-order valence-corrected chi connectivity index (χ1v) is 8.73. The maximum absolute atomic E-state index is 11.1. The Hall–Kier alpha value is -1.74. The minimum atomic E-state index is -0.806. The minimum absolute atomic E-state index is 0.0619. The summed E-state index contributed by atoms with van der Waals surface area (Å²) >= 11 is 3.30. The molecule has 2 fully saturated rings. The number of halogens is 1. The predicted molar refractivity (Wildman–Crippen MR) is 91.0 cm³/mol. The Labute approximate surface area is 147 Å². The van der Waals surface area contributed by atoms with Crippen LogP contribution in [0.3, 0.4) is 0 Å². The van der Waals surface area contributed by atoms with Gasteiger partial charge in [0.1, 0.15) is 11.9 Å². The number of carbonyl (C=O) groups is 1. The number of hydrogen-bond donors (Lipinski definition) is 2. The molecule has 0 aliphatic heterocycles. The number of nitrogens with one attached hydrogen (secondary N) is 1. The highest BCUT2D eigenvalue weighted by Crippen LogP contribution is 2.37. The van der Waals surface area contributed by atoms with Crippen LogP contribution in [0.5, 0.6) is 0 Å². The average molecular weight is 399 g/mol. The van der Waals surface area contributed by atoms with Gasteiger partial charge in [-0.25, -0.2) is 0 Å². The molecule has 1 aromatic rings. The fourth-order valence-corrected chi connectivity index (χ4v) is 3.50. The summed E-state index contributed by atoms with van der Waals surface area (Å²) in [4.78, 5) is 27.6. The molecule has 2 saturated carbocycles.